The first-order valence-electron chi connectivity index (χ1n) is 16.3. The highest BCUT2D eigenvalue weighted by atomic mass is 16.6. The van der Waals surface area contributed by atoms with Crippen LogP contribution in [0.1, 0.15) is 63.3 Å². The van der Waals surface area contributed by atoms with Gasteiger partial charge >= 0.3 is 11.9 Å². The lowest BCUT2D eigenvalue weighted by molar-refractivity contribution is -0.179. The first-order valence-corrected chi connectivity index (χ1v) is 16.3. The minimum absolute atomic E-state index is 0.0383. The normalized spacial score (nSPS) is 18.2. The van der Waals surface area contributed by atoms with Crippen molar-refractivity contribution in [2.75, 3.05) is 0 Å². The minimum Gasteiger partial charge on any atom is -0.460 e. The summed E-state index contributed by atoms with van der Waals surface area (Å²) >= 11 is 0. The monoisotopic (exact) mass is 637 g/mol. The SMILES string of the molecule is Cc1cccc(C)c1COC(=O)C1(C(=O)OCc2c(C)cccc2C)C[C@@H](c2ccccc2)C[C@]1(N=[N+]=[N-])c1ccc2ccccc2c1. The van der Waals surface area contributed by atoms with Gasteiger partial charge in [-0.3, -0.25) is 9.59 Å². The van der Waals surface area contributed by atoms with Crippen LogP contribution in [0.5, 0.6) is 0 Å². The zero-order valence-electron chi connectivity index (χ0n) is 27.8. The second-order valence-corrected chi connectivity index (χ2v) is 12.9. The van der Waals surface area contributed by atoms with Gasteiger partial charge in [0.2, 0.25) is 0 Å². The molecule has 242 valence electrons. The lowest BCUT2D eigenvalue weighted by atomic mass is 9.68. The summed E-state index contributed by atoms with van der Waals surface area (Å²) in [7, 11) is 0. The maximum absolute atomic E-state index is 14.9. The molecular formula is C41H39N3O4. The number of nitrogens with zero attached hydrogens (tertiary/aromatic N) is 3. The molecule has 6 rings (SSSR count). The second-order valence-electron chi connectivity index (χ2n) is 12.9. The number of aryl methyl sites for hydroxylation is 4. The van der Waals surface area contributed by atoms with E-state index in [4.69, 9.17) is 9.47 Å². The maximum Gasteiger partial charge on any atom is 0.324 e. The number of rotatable bonds is 9. The molecule has 7 heteroatoms. The zero-order chi connectivity index (χ0) is 33.9. The van der Waals surface area contributed by atoms with E-state index in [0.717, 1.165) is 49.7 Å². The standard InChI is InChI=1S/C41H39N3O4/c1-27-12-10-13-28(2)36(27)25-47-38(45)40(39(46)48-26-37-29(3)14-11-15-30(37)4)23-34(31-16-6-5-7-17-31)24-41(40,43-44-42)35-21-20-32-18-8-9-19-33(32)22-35/h5-22,34H,23-26H2,1-4H3/t34-,41+/m1/s1. The summed E-state index contributed by atoms with van der Waals surface area (Å²) in [5.41, 5.74) is 13.7. The third kappa shape index (κ3) is 5.71. The molecule has 0 aliphatic heterocycles. The van der Waals surface area contributed by atoms with Gasteiger partial charge in [-0.25, -0.2) is 0 Å². The van der Waals surface area contributed by atoms with Crippen molar-refractivity contribution in [1.82, 2.24) is 0 Å². The summed E-state index contributed by atoms with van der Waals surface area (Å²) in [6, 6.07) is 35.1. The molecule has 2 atom stereocenters. The van der Waals surface area contributed by atoms with Crippen molar-refractivity contribution in [3.63, 3.8) is 0 Å². The number of benzene rings is 5. The van der Waals surface area contributed by atoms with Crippen LogP contribution in [0.2, 0.25) is 0 Å². The van der Waals surface area contributed by atoms with Gasteiger partial charge in [-0.05, 0) is 107 Å². The number of fused-ring (bicyclic) bond motifs is 1. The molecule has 7 nitrogen and oxygen atoms in total. The predicted molar refractivity (Wildman–Crippen MR) is 187 cm³/mol. The molecule has 0 amide bonds. The number of hydrogen-bond donors (Lipinski definition) is 0. The van der Waals surface area contributed by atoms with E-state index in [2.05, 4.69) is 10.0 Å². The number of carbonyl (C=O) groups is 2. The van der Waals surface area contributed by atoms with Crippen molar-refractivity contribution in [2.45, 2.75) is 65.2 Å². The fraction of sp³-hybridized carbons (Fsp3) is 0.268. The topological polar surface area (TPSA) is 101 Å². The van der Waals surface area contributed by atoms with E-state index < -0.39 is 22.9 Å². The van der Waals surface area contributed by atoms with Gasteiger partial charge in [-0.15, -0.1) is 0 Å². The van der Waals surface area contributed by atoms with Crippen molar-refractivity contribution in [3.8, 4) is 0 Å². The van der Waals surface area contributed by atoms with Crippen LogP contribution in [0.4, 0.5) is 0 Å². The molecule has 0 N–H and O–H groups in total. The minimum atomic E-state index is -1.99. The van der Waals surface area contributed by atoms with Crippen LogP contribution >= 0.6 is 0 Å². The van der Waals surface area contributed by atoms with Gasteiger partial charge in [0, 0.05) is 4.91 Å². The van der Waals surface area contributed by atoms with Crippen LogP contribution in [-0.4, -0.2) is 11.9 Å². The van der Waals surface area contributed by atoms with E-state index in [-0.39, 0.29) is 32.0 Å². The predicted octanol–water partition coefficient (Wildman–Crippen LogP) is 9.63. The Morgan fingerprint density at radius 1 is 0.688 bits per heavy atom. The first-order chi connectivity index (χ1) is 23.2. The molecule has 48 heavy (non-hydrogen) atoms. The van der Waals surface area contributed by atoms with Crippen molar-refractivity contribution < 1.29 is 19.1 Å². The Labute approximate surface area is 281 Å². The Bertz CT molecular complexity index is 1940. The molecule has 0 radical (unpaired) electrons. The average Bonchev–Trinajstić information content (AvgIpc) is 3.45. The van der Waals surface area contributed by atoms with E-state index in [0.29, 0.717) is 5.56 Å². The van der Waals surface area contributed by atoms with Gasteiger partial charge in [0.1, 0.15) is 18.8 Å². The van der Waals surface area contributed by atoms with Crippen LogP contribution in [0.25, 0.3) is 21.2 Å². The van der Waals surface area contributed by atoms with E-state index in [9.17, 15) is 15.1 Å². The third-order valence-corrected chi connectivity index (χ3v) is 10.2. The smallest absolute Gasteiger partial charge is 0.324 e. The molecule has 0 spiro atoms. The Kier molecular flexibility index (Phi) is 9.07. The second kappa shape index (κ2) is 13.4. The molecular weight excluding hydrogens is 598 g/mol. The van der Waals surface area contributed by atoms with Crippen LogP contribution in [0.15, 0.2) is 114 Å². The van der Waals surface area contributed by atoms with Gasteiger partial charge < -0.3 is 9.47 Å². The number of esters is 2. The van der Waals surface area contributed by atoms with E-state index >= 15 is 0 Å². The largest absolute Gasteiger partial charge is 0.460 e. The summed E-state index contributed by atoms with van der Waals surface area (Å²) in [6.07, 6.45) is 0.246. The maximum atomic E-state index is 14.9. The summed E-state index contributed by atoms with van der Waals surface area (Å²) in [6.45, 7) is 7.78. The van der Waals surface area contributed by atoms with Gasteiger partial charge in [0.05, 0.1) is 0 Å². The van der Waals surface area contributed by atoms with E-state index in [1.165, 1.54) is 0 Å². The fourth-order valence-electron chi connectivity index (χ4n) is 7.44. The highest BCUT2D eigenvalue weighted by Crippen LogP contribution is 2.62. The number of carbonyl (C=O) groups excluding carboxylic acids is 2. The molecule has 0 aromatic heterocycles. The molecule has 0 saturated heterocycles. The molecule has 5 aromatic rings. The lowest BCUT2D eigenvalue weighted by Crippen LogP contribution is -2.53. The number of hydrogen-bond acceptors (Lipinski definition) is 5. The molecule has 5 aromatic carbocycles. The summed E-state index contributed by atoms with van der Waals surface area (Å²) in [5.74, 6) is -1.85. The Morgan fingerprint density at radius 3 is 1.75 bits per heavy atom. The highest BCUT2D eigenvalue weighted by Gasteiger charge is 2.69. The number of azide groups is 1. The average molecular weight is 638 g/mol. The molecule has 0 unspecified atom stereocenters. The Morgan fingerprint density at radius 2 is 1.21 bits per heavy atom. The Hall–Kier alpha value is -5.39. The van der Waals surface area contributed by atoms with Gasteiger partial charge in [-0.1, -0.05) is 114 Å². The van der Waals surface area contributed by atoms with E-state index in [1.54, 1.807) is 0 Å². The van der Waals surface area contributed by atoms with Crippen molar-refractivity contribution >= 4 is 22.7 Å². The van der Waals surface area contributed by atoms with Crippen LogP contribution < -0.4 is 0 Å². The van der Waals surface area contributed by atoms with Crippen LogP contribution in [-0.2, 0) is 37.8 Å². The highest BCUT2D eigenvalue weighted by molar-refractivity contribution is 6.03. The molecule has 1 saturated carbocycles. The number of ether oxygens (including phenoxy) is 2. The van der Waals surface area contributed by atoms with Crippen molar-refractivity contribution in [2.24, 2.45) is 10.5 Å². The lowest BCUT2D eigenvalue weighted by Gasteiger charge is -2.39. The van der Waals surface area contributed by atoms with Gasteiger partial charge in [0.25, 0.3) is 0 Å². The fourth-order valence-corrected chi connectivity index (χ4v) is 7.44. The van der Waals surface area contributed by atoms with Crippen molar-refractivity contribution in [1.29, 1.82) is 0 Å². The summed E-state index contributed by atoms with van der Waals surface area (Å²) in [4.78, 5) is 33.2. The Balaban J connectivity index is 1.54. The first kappa shape index (κ1) is 32.5. The molecule has 1 aliphatic rings. The molecule has 0 heterocycles. The van der Waals surface area contributed by atoms with E-state index in [1.807, 2.05) is 137 Å². The third-order valence-electron chi connectivity index (χ3n) is 10.2. The molecule has 1 fully saturated rings. The molecule has 1 aliphatic carbocycles. The van der Waals surface area contributed by atoms with Crippen LogP contribution in [0, 0.1) is 33.1 Å². The zero-order valence-corrected chi connectivity index (χ0v) is 27.8. The van der Waals surface area contributed by atoms with Crippen LogP contribution in [0.3, 0.4) is 0 Å². The summed E-state index contributed by atoms with van der Waals surface area (Å²) in [5, 5.41) is 6.34. The quantitative estimate of drug-likeness (QED) is 0.0528. The molecule has 0 bridgehead atoms. The summed E-state index contributed by atoms with van der Waals surface area (Å²) < 4.78 is 12.3. The van der Waals surface area contributed by atoms with Gasteiger partial charge in [-0.2, -0.15) is 0 Å². The van der Waals surface area contributed by atoms with Gasteiger partial charge in [0.15, 0.2) is 5.41 Å². The van der Waals surface area contributed by atoms with Crippen molar-refractivity contribution in [3.05, 3.63) is 164 Å².